The van der Waals surface area contributed by atoms with E-state index >= 15 is 0 Å². The molecule has 0 spiro atoms. The summed E-state index contributed by atoms with van der Waals surface area (Å²) in [7, 11) is -7.15. The molecule has 0 saturated heterocycles. The van der Waals surface area contributed by atoms with Crippen molar-refractivity contribution in [3.05, 3.63) is 52.5 Å². The van der Waals surface area contributed by atoms with Gasteiger partial charge in [-0.1, -0.05) is 17.7 Å². The van der Waals surface area contributed by atoms with Gasteiger partial charge in [0.15, 0.2) is 0 Å². The van der Waals surface area contributed by atoms with Crippen LogP contribution in [0.2, 0.25) is 5.02 Å². The monoisotopic (exact) mass is 428 g/mol. The van der Waals surface area contributed by atoms with Gasteiger partial charge in [-0.3, -0.25) is 9.03 Å². The van der Waals surface area contributed by atoms with Gasteiger partial charge < -0.3 is 0 Å². The van der Waals surface area contributed by atoms with Gasteiger partial charge in [0.1, 0.15) is 0 Å². The van der Waals surface area contributed by atoms with Gasteiger partial charge in [-0.05, 0) is 68.1 Å². The Hall–Kier alpha value is -1.77. The first kappa shape index (κ1) is 20.0. The summed E-state index contributed by atoms with van der Waals surface area (Å²) in [4.78, 5) is 0.0750. The van der Waals surface area contributed by atoms with Gasteiger partial charge in [-0.15, -0.1) is 0 Å². The number of halogens is 1. The lowest BCUT2D eigenvalue weighted by Gasteiger charge is -2.30. The molecule has 146 valence electrons. The minimum Gasteiger partial charge on any atom is -0.280 e. The maximum Gasteiger partial charge on any atom is 0.261 e. The van der Waals surface area contributed by atoms with Crippen molar-refractivity contribution in [1.29, 1.82) is 0 Å². The molecule has 1 heterocycles. The Kier molecular flexibility index (Phi) is 5.42. The van der Waals surface area contributed by atoms with E-state index in [2.05, 4.69) is 4.72 Å². The first-order chi connectivity index (χ1) is 12.6. The third-order valence-electron chi connectivity index (χ3n) is 4.56. The second-order valence-corrected chi connectivity index (χ2v) is 10.7. The van der Waals surface area contributed by atoms with Crippen LogP contribution in [0.3, 0.4) is 0 Å². The van der Waals surface area contributed by atoms with Crippen LogP contribution in [-0.4, -0.2) is 29.1 Å². The summed E-state index contributed by atoms with van der Waals surface area (Å²) in [5.41, 5.74) is 2.60. The summed E-state index contributed by atoms with van der Waals surface area (Å²) in [6, 6.07) is 9.49. The number of anilines is 2. The van der Waals surface area contributed by atoms with Gasteiger partial charge in [0, 0.05) is 17.3 Å². The Morgan fingerprint density at radius 3 is 2.52 bits per heavy atom. The van der Waals surface area contributed by atoms with E-state index in [1.165, 1.54) is 16.4 Å². The summed E-state index contributed by atoms with van der Waals surface area (Å²) in [6.07, 6.45) is 1.38. The maximum absolute atomic E-state index is 12.6. The third kappa shape index (κ3) is 4.07. The Morgan fingerprint density at radius 1 is 1.11 bits per heavy atom. The van der Waals surface area contributed by atoms with E-state index in [-0.39, 0.29) is 10.6 Å². The molecule has 27 heavy (non-hydrogen) atoms. The Labute approximate surface area is 165 Å². The van der Waals surface area contributed by atoms with Crippen LogP contribution in [-0.2, 0) is 26.5 Å². The van der Waals surface area contributed by atoms with Gasteiger partial charge in [-0.2, -0.15) is 0 Å². The number of hydrogen-bond donors (Lipinski definition) is 1. The molecule has 0 amide bonds. The zero-order chi connectivity index (χ0) is 19.8. The fraction of sp³-hybridized carbons (Fsp3) is 0.333. The van der Waals surface area contributed by atoms with Crippen LogP contribution < -0.4 is 9.03 Å². The molecule has 0 fully saturated rings. The minimum atomic E-state index is -3.79. The van der Waals surface area contributed by atoms with Crippen LogP contribution in [0.15, 0.2) is 41.3 Å². The third-order valence-corrected chi connectivity index (χ3v) is 8.13. The number of benzene rings is 2. The lowest BCUT2D eigenvalue weighted by molar-refractivity contribution is 0.587. The lowest BCUT2D eigenvalue weighted by Crippen LogP contribution is -2.36. The van der Waals surface area contributed by atoms with E-state index in [1.54, 1.807) is 38.1 Å². The quantitative estimate of drug-likeness (QED) is 0.789. The van der Waals surface area contributed by atoms with Crippen molar-refractivity contribution in [2.45, 2.75) is 31.6 Å². The molecule has 1 N–H and O–H groups in total. The molecule has 0 saturated carbocycles. The number of rotatable bonds is 5. The second kappa shape index (κ2) is 7.33. The smallest absolute Gasteiger partial charge is 0.261 e. The van der Waals surface area contributed by atoms with Crippen LogP contribution in [0.5, 0.6) is 0 Å². The van der Waals surface area contributed by atoms with E-state index in [1.807, 2.05) is 0 Å². The molecule has 0 unspecified atom stereocenters. The van der Waals surface area contributed by atoms with Crippen LogP contribution in [0.1, 0.15) is 24.5 Å². The van der Waals surface area contributed by atoms with Gasteiger partial charge in [0.25, 0.3) is 10.0 Å². The van der Waals surface area contributed by atoms with E-state index in [0.717, 1.165) is 11.1 Å². The maximum atomic E-state index is 12.6. The predicted molar refractivity (Wildman–Crippen MR) is 109 cm³/mol. The first-order valence-corrected chi connectivity index (χ1v) is 12.0. The number of aryl methyl sites for hydroxylation is 2. The predicted octanol–water partition coefficient (Wildman–Crippen LogP) is 3.55. The van der Waals surface area contributed by atoms with Crippen LogP contribution in [0, 0.1) is 6.92 Å². The summed E-state index contributed by atoms with van der Waals surface area (Å²) in [5.74, 6) is 0.0228. The minimum absolute atomic E-state index is 0.0228. The van der Waals surface area contributed by atoms with E-state index < -0.39 is 20.0 Å². The molecule has 2 aromatic rings. The number of nitrogens with one attached hydrogen (secondary N) is 1. The SMILES string of the molecule is CCS(=O)(=O)N1CCCc2cc(NS(=O)(=O)c3ccc(C)c(Cl)c3)ccc21. The molecule has 3 rings (SSSR count). The Balaban J connectivity index is 1.92. The molecule has 9 heteroatoms. The zero-order valence-electron chi connectivity index (χ0n) is 15.1. The summed E-state index contributed by atoms with van der Waals surface area (Å²) in [6.45, 7) is 3.85. The normalized spacial score (nSPS) is 14.7. The largest absolute Gasteiger partial charge is 0.280 e. The highest BCUT2D eigenvalue weighted by atomic mass is 35.5. The standard InChI is InChI=1S/C18H21ClN2O4S2/c1-3-26(22,23)21-10-4-5-14-11-15(7-9-18(14)21)20-27(24,25)16-8-6-13(2)17(19)12-16/h6-9,11-12,20H,3-5,10H2,1-2H3. The van der Waals surface area contributed by atoms with Crippen molar-refractivity contribution in [3.63, 3.8) is 0 Å². The van der Waals surface area contributed by atoms with Crippen LogP contribution >= 0.6 is 11.6 Å². The number of sulfonamides is 2. The molecule has 0 radical (unpaired) electrons. The van der Waals surface area contributed by atoms with E-state index in [9.17, 15) is 16.8 Å². The highest BCUT2D eigenvalue weighted by molar-refractivity contribution is 7.93. The van der Waals surface area contributed by atoms with Crippen molar-refractivity contribution in [3.8, 4) is 0 Å². The molecular formula is C18H21ClN2O4S2. The highest BCUT2D eigenvalue weighted by Gasteiger charge is 2.26. The molecule has 0 aliphatic carbocycles. The molecular weight excluding hydrogens is 408 g/mol. The van der Waals surface area contributed by atoms with Crippen molar-refractivity contribution in [2.24, 2.45) is 0 Å². The number of hydrogen-bond acceptors (Lipinski definition) is 4. The molecule has 1 aliphatic rings. The Morgan fingerprint density at radius 2 is 1.85 bits per heavy atom. The number of nitrogens with zero attached hydrogens (tertiary/aromatic N) is 1. The lowest BCUT2D eigenvalue weighted by atomic mass is 10.0. The van der Waals surface area contributed by atoms with Crippen LogP contribution in [0.4, 0.5) is 11.4 Å². The summed E-state index contributed by atoms with van der Waals surface area (Å²) in [5, 5.41) is 0.378. The Bertz CT molecular complexity index is 1080. The molecule has 2 aromatic carbocycles. The molecule has 0 atom stereocenters. The fourth-order valence-electron chi connectivity index (χ4n) is 3.03. The van der Waals surface area contributed by atoms with Crippen molar-refractivity contribution >= 4 is 43.0 Å². The summed E-state index contributed by atoms with van der Waals surface area (Å²) >= 11 is 6.04. The average Bonchev–Trinajstić information content (AvgIpc) is 2.62. The molecule has 1 aliphatic heterocycles. The fourth-order valence-corrected chi connectivity index (χ4v) is 5.54. The van der Waals surface area contributed by atoms with Gasteiger partial charge >= 0.3 is 0 Å². The first-order valence-electron chi connectivity index (χ1n) is 8.56. The summed E-state index contributed by atoms with van der Waals surface area (Å²) < 4.78 is 53.8. The van der Waals surface area contributed by atoms with Crippen molar-refractivity contribution in [2.75, 3.05) is 21.3 Å². The van der Waals surface area contributed by atoms with Crippen LogP contribution in [0.25, 0.3) is 0 Å². The topological polar surface area (TPSA) is 83.6 Å². The van der Waals surface area contributed by atoms with E-state index in [0.29, 0.717) is 35.8 Å². The van der Waals surface area contributed by atoms with Crippen molar-refractivity contribution in [1.82, 2.24) is 0 Å². The zero-order valence-corrected chi connectivity index (χ0v) is 17.5. The van der Waals surface area contributed by atoms with Crippen molar-refractivity contribution < 1.29 is 16.8 Å². The van der Waals surface area contributed by atoms with Gasteiger partial charge in [0.2, 0.25) is 10.0 Å². The van der Waals surface area contributed by atoms with E-state index in [4.69, 9.17) is 11.6 Å². The molecule has 0 bridgehead atoms. The average molecular weight is 429 g/mol. The second-order valence-electron chi connectivity index (χ2n) is 6.44. The molecule has 0 aromatic heterocycles. The highest BCUT2D eigenvalue weighted by Crippen LogP contribution is 2.32. The number of fused-ring (bicyclic) bond motifs is 1. The molecule has 6 nitrogen and oxygen atoms in total. The van der Waals surface area contributed by atoms with Gasteiger partial charge in [0.05, 0.1) is 16.3 Å². The van der Waals surface area contributed by atoms with Gasteiger partial charge in [-0.25, -0.2) is 16.8 Å².